The average molecular weight is 228 g/mol. The number of likely N-dealkylation sites (tertiary alicyclic amines) is 1. The molecule has 1 amide bonds. The van der Waals surface area contributed by atoms with E-state index in [1.165, 1.54) is 0 Å². The Labute approximate surface area is 98.1 Å². The Bertz CT molecular complexity index is 246. The number of amides is 1. The maximum atomic E-state index is 11.8. The van der Waals surface area contributed by atoms with Gasteiger partial charge in [-0.1, -0.05) is 0 Å². The Balaban J connectivity index is 2.50. The predicted octanol–water partition coefficient (Wildman–Crippen LogP) is 1.98. The van der Waals surface area contributed by atoms with E-state index in [1.807, 2.05) is 27.7 Å². The molecule has 1 fully saturated rings. The Morgan fingerprint density at radius 3 is 2.62 bits per heavy atom. The highest BCUT2D eigenvalue weighted by molar-refractivity contribution is 5.68. The minimum absolute atomic E-state index is 0.144. The number of hydrogen-bond donors (Lipinski definition) is 1. The molecule has 1 rings (SSSR count). The molecule has 0 aromatic rings. The molecule has 1 unspecified atom stereocenters. The summed E-state index contributed by atoms with van der Waals surface area (Å²) in [6, 6.07) is 0.144. The molecule has 2 atom stereocenters. The van der Waals surface area contributed by atoms with Crippen molar-refractivity contribution in [1.82, 2.24) is 4.90 Å². The standard InChI is InChI=1S/C12H24N2O2/c1-9(13)10-6-5-7-14(8-10)11(15)16-12(2,3)4/h9-10H,5-8,13H2,1-4H3/t9-,10?/m1/s1. The Morgan fingerprint density at radius 2 is 2.12 bits per heavy atom. The smallest absolute Gasteiger partial charge is 0.410 e. The number of carbonyl (C=O) groups excluding carboxylic acids is 1. The third-order valence-electron chi connectivity index (χ3n) is 2.85. The largest absolute Gasteiger partial charge is 0.444 e. The summed E-state index contributed by atoms with van der Waals surface area (Å²) in [5.41, 5.74) is 5.46. The number of piperidine rings is 1. The van der Waals surface area contributed by atoms with Gasteiger partial charge in [-0.05, 0) is 46.5 Å². The summed E-state index contributed by atoms with van der Waals surface area (Å²) in [6.07, 6.45) is 1.92. The number of ether oxygens (including phenoxy) is 1. The molecule has 4 nitrogen and oxygen atoms in total. The summed E-state index contributed by atoms with van der Waals surface area (Å²) in [7, 11) is 0. The molecule has 1 heterocycles. The fourth-order valence-electron chi connectivity index (χ4n) is 1.93. The molecule has 0 spiro atoms. The molecule has 4 heteroatoms. The highest BCUT2D eigenvalue weighted by Crippen LogP contribution is 2.20. The summed E-state index contributed by atoms with van der Waals surface area (Å²) in [5, 5.41) is 0. The van der Waals surface area contributed by atoms with Gasteiger partial charge >= 0.3 is 6.09 Å². The van der Waals surface area contributed by atoms with Crippen LogP contribution in [0, 0.1) is 5.92 Å². The van der Waals surface area contributed by atoms with Crippen LogP contribution in [0.2, 0.25) is 0 Å². The second kappa shape index (κ2) is 5.04. The topological polar surface area (TPSA) is 55.6 Å². The zero-order chi connectivity index (χ0) is 12.3. The van der Waals surface area contributed by atoms with E-state index in [1.54, 1.807) is 4.90 Å². The Hall–Kier alpha value is -0.770. The fourth-order valence-corrected chi connectivity index (χ4v) is 1.93. The first-order chi connectivity index (χ1) is 7.29. The molecule has 0 saturated carbocycles. The van der Waals surface area contributed by atoms with E-state index >= 15 is 0 Å². The molecular weight excluding hydrogens is 204 g/mol. The molecule has 0 aliphatic carbocycles. The van der Waals surface area contributed by atoms with E-state index < -0.39 is 5.60 Å². The summed E-state index contributed by atoms with van der Waals surface area (Å²) in [6.45, 7) is 9.18. The maximum Gasteiger partial charge on any atom is 0.410 e. The number of rotatable bonds is 1. The summed E-state index contributed by atoms with van der Waals surface area (Å²) in [5.74, 6) is 0.404. The van der Waals surface area contributed by atoms with E-state index in [0.29, 0.717) is 5.92 Å². The molecule has 2 N–H and O–H groups in total. The lowest BCUT2D eigenvalue weighted by Crippen LogP contribution is -2.46. The molecule has 1 aliphatic heterocycles. The van der Waals surface area contributed by atoms with Crippen LogP contribution >= 0.6 is 0 Å². The first-order valence-electron chi connectivity index (χ1n) is 6.03. The van der Waals surface area contributed by atoms with Gasteiger partial charge in [-0.3, -0.25) is 0 Å². The summed E-state index contributed by atoms with van der Waals surface area (Å²) >= 11 is 0. The van der Waals surface area contributed by atoms with Gasteiger partial charge in [-0.15, -0.1) is 0 Å². The van der Waals surface area contributed by atoms with Crippen LogP contribution in [-0.4, -0.2) is 35.7 Å². The molecule has 0 aromatic carbocycles. The highest BCUT2D eigenvalue weighted by atomic mass is 16.6. The lowest BCUT2D eigenvalue weighted by Gasteiger charge is -2.35. The van der Waals surface area contributed by atoms with Crippen molar-refractivity contribution in [3.63, 3.8) is 0 Å². The van der Waals surface area contributed by atoms with Crippen LogP contribution in [0.1, 0.15) is 40.5 Å². The van der Waals surface area contributed by atoms with Crippen LogP contribution in [0.25, 0.3) is 0 Å². The monoisotopic (exact) mass is 228 g/mol. The van der Waals surface area contributed by atoms with E-state index in [0.717, 1.165) is 25.9 Å². The van der Waals surface area contributed by atoms with E-state index in [9.17, 15) is 4.79 Å². The van der Waals surface area contributed by atoms with Crippen molar-refractivity contribution in [3.8, 4) is 0 Å². The van der Waals surface area contributed by atoms with E-state index in [-0.39, 0.29) is 12.1 Å². The predicted molar refractivity (Wildman–Crippen MR) is 64.2 cm³/mol. The van der Waals surface area contributed by atoms with E-state index in [4.69, 9.17) is 10.5 Å². The van der Waals surface area contributed by atoms with Gasteiger partial charge in [0, 0.05) is 19.1 Å². The van der Waals surface area contributed by atoms with Gasteiger partial charge in [-0.2, -0.15) is 0 Å². The second-order valence-electron chi connectivity index (χ2n) is 5.69. The summed E-state index contributed by atoms with van der Waals surface area (Å²) in [4.78, 5) is 13.6. The van der Waals surface area contributed by atoms with Gasteiger partial charge in [0.2, 0.25) is 0 Å². The number of nitrogens with two attached hydrogens (primary N) is 1. The van der Waals surface area contributed by atoms with Crippen LogP contribution in [0.15, 0.2) is 0 Å². The van der Waals surface area contributed by atoms with Crippen LogP contribution in [-0.2, 0) is 4.74 Å². The number of nitrogens with zero attached hydrogens (tertiary/aromatic N) is 1. The first-order valence-corrected chi connectivity index (χ1v) is 6.03. The van der Waals surface area contributed by atoms with Gasteiger partial charge in [0.25, 0.3) is 0 Å². The van der Waals surface area contributed by atoms with Gasteiger partial charge in [0.1, 0.15) is 5.60 Å². The molecule has 1 aliphatic rings. The third kappa shape index (κ3) is 4.00. The molecule has 0 aromatic heterocycles. The van der Waals surface area contributed by atoms with Crippen LogP contribution in [0.3, 0.4) is 0 Å². The fraction of sp³-hybridized carbons (Fsp3) is 0.917. The quantitative estimate of drug-likeness (QED) is 0.746. The van der Waals surface area contributed by atoms with Crippen LogP contribution < -0.4 is 5.73 Å². The third-order valence-corrected chi connectivity index (χ3v) is 2.85. The van der Waals surface area contributed by atoms with Gasteiger partial charge in [0.05, 0.1) is 0 Å². The van der Waals surface area contributed by atoms with Crippen molar-refractivity contribution in [2.24, 2.45) is 11.7 Å². The average Bonchev–Trinajstić information content (AvgIpc) is 2.15. The maximum absolute atomic E-state index is 11.8. The summed E-state index contributed by atoms with van der Waals surface area (Å²) < 4.78 is 5.35. The molecule has 0 radical (unpaired) electrons. The van der Waals surface area contributed by atoms with Crippen LogP contribution in [0.5, 0.6) is 0 Å². The molecule has 0 bridgehead atoms. The normalized spacial score (nSPS) is 24.1. The SMILES string of the molecule is C[C@@H](N)C1CCCN(C(=O)OC(C)(C)C)C1. The Morgan fingerprint density at radius 1 is 1.50 bits per heavy atom. The molecule has 16 heavy (non-hydrogen) atoms. The van der Waals surface area contributed by atoms with Crippen LogP contribution in [0.4, 0.5) is 4.79 Å². The van der Waals surface area contributed by atoms with E-state index in [2.05, 4.69) is 0 Å². The van der Waals surface area contributed by atoms with Crippen molar-refractivity contribution in [3.05, 3.63) is 0 Å². The van der Waals surface area contributed by atoms with Crippen molar-refractivity contribution in [1.29, 1.82) is 0 Å². The van der Waals surface area contributed by atoms with Gasteiger partial charge in [0.15, 0.2) is 0 Å². The first kappa shape index (κ1) is 13.3. The Kier molecular flexibility index (Phi) is 4.19. The van der Waals surface area contributed by atoms with Gasteiger partial charge in [-0.25, -0.2) is 4.79 Å². The molecular formula is C12H24N2O2. The zero-order valence-electron chi connectivity index (χ0n) is 10.8. The zero-order valence-corrected chi connectivity index (χ0v) is 10.8. The number of carbonyl (C=O) groups is 1. The minimum atomic E-state index is -0.418. The molecule has 94 valence electrons. The van der Waals surface area contributed by atoms with Crippen molar-refractivity contribution < 1.29 is 9.53 Å². The lowest BCUT2D eigenvalue weighted by atomic mass is 9.92. The van der Waals surface area contributed by atoms with Crippen molar-refractivity contribution in [2.45, 2.75) is 52.2 Å². The van der Waals surface area contributed by atoms with Gasteiger partial charge < -0.3 is 15.4 Å². The second-order valence-corrected chi connectivity index (χ2v) is 5.69. The van der Waals surface area contributed by atoms with Crippen molar-refractivity contribution in [2.75, 3.05) is 13.1 Å². The highest BCUT2D eigenvalue weighted by Gasteiger charge is 2.28. The lowest BCUT2D eigenvalue weighted by molar-refractivity contribution is 0.0156. The van der Waals surface area contributed by atoms with Crippen molar-refractivity contribution >= 4 is 6.09 Å². The number of hydrogen-bond acceptors (Lipinski definition) is 3. The molecule has 1 saturated heterocycles. The minimum Gasteiger partial charge on any atom is -0.444 e.